The molecule has 1 unspecified atom stereocenters. The third-order valence-corrected chi connectivity index (χ3v) is 6.51. The normalized spacial score (nSPS) is 18.1. The van der Waals surface area contributed by atoms with E-state index in [1.807, 2.05) is 18.2 Å². The van der Waals surface area contributed by atoms with Crippen molar-refractivity contribution >= 4 is 23.0 Å². The van der Waals surface area contributed by atoms with Crippen LogP contribution in [-0.4, -0.2) is 37.7 Å². The van der Waals surface area contributed by atoms with Gasteiger partial charge in [0.05, 0.1) is 12.8 Å². The molecule has 5 rings (SSSR count). The van der Waals surface area contributed by atoms with Gasteiger partial charge in [-0.2, -0.15) is 0 Å². The van der Waals surface area contributed by atoms with E-state index in [0.29, 0.717) is 12.6 Å². The smallest absolute Gasteiger partial charge is 0.143 e. The highest BCUT2D eigenvalue weighted by Gasteiger charge is 2.32. The molecule has 2 heterocycles. The van der Waals surface area contributed by atoms with E-state index in [1.54, 1.807) is 7.11 Å². The molecule has 0 radical (unpaired) electrons. The zero-order valence-corrected chi connectivity index (χ0v) is 18.5. The van der Waals surface area contributed by atoms with Crippen LogP contribution in [0.3, 0.4) is 0 Å². The van der Waals surface area contributed by atoms with E-state index < -0.39 is 0 Å². The van der Waals surface area contributed by atoms with Gasteiger partial charge >= 0.3 is 0 Å². The Morgan fingerprint density at radius 1 is 1.03 bits per heavy atom. The maximum atomic E-state index is 6.41. The van der Waals surface area contributed by atoms with Crippen molar-refractivity contribution < 1.29 is 9.47 Å². The summed E-state index contributed by atoms with van der Waals surface area (Å²) >= 11 is 6.41. The number of methoxy groups -OCH3 is 1. The number of rotatable bonds is 5. The summed E-state index contributed by atoms with van der Waals surface area (Å²) in [5.41, 5.74) is 4.78. The molecule has 4 nitrogen and oxygen atoms in total. The van der Waals surface area contributed by atoms with Gasteiger partial charge in [0.1, 0.15) is 18.1 Å². The Hall–Kier alpha value is -2.69. The number of benzene rings is 3. The number of halogens is 1. The van der Waals surface area contributed by atoms with E-state index in [-0.39, 0.29) is 0 Å². The average molecular weight is 435 g/mol. The second-order valence-electron chi connectivity index (χ2n) is 8.24. The molecule has 5 heteroatoms. The molecule has 2 aliphatic heterocycles. The molecule has 3 aromatic carbocycles. The van der Waals surface area contributed by atoms with Crippen molar-refractivity contribution in [3.63, 3.8) is 0 Å². The topological polar surface area (TPSA) is 24.9 Å². The molecule has 0 aliphatic carbocycles. The zero-order chi connectivity index (χ0) is 21.2. The molecule has 0 bridgehead atoms. The first-order valence-electron chi connectivity index (χ1n) is 10.9. The van der Waals surface area contributed by atoms with E-state index in [9.17, 15) is 0 Å². The molecule has 0 saturated carbocycles. The predicted octanol–water partition coefficient (Wildman–Crippen LogP) is 5.70. The molecule has 3 aromatic rings. The Balaban J connectivity index is 1.37. The summed E-state index contributed by atoms with van der Waals surface area (Å²) in [6.07, 6.45) is 2.13. The van der Waals surface area contributed by atoms with Gasteiger partial charge in [-0.1, -0.05) is 41.9 Å². The lowest BCUT2D eigenvalue weighted by Crippen LogP contribution is -2.35. The standard InChI is InChI=1S/C26H27ClN2O2/c1-30-23-6-4-5-19(15-23)11-13-28-14-12-22(17-28)29-24-7-2-3-8-26(24)31-18-20-9-10-21(27)16-25(20)29/h2-10,15-16,22H,11-14,17-18H2,1H3. The first-order valence-corrected chi connectivity index (χ1v) is 11.2. The fourth-order valence-electron chi connectivity index (χ4n) is 4.68. The number of likely N-dealkylation sites (tertiary alicyclic amines) is 1. The summed E-state index contributed by atoms with van der Waals surface area (Å²) in [5.74, 6) is 1.86. The highest BCUT2D eigenvalue weighted by molar-refractivity contribution is 6.30. The van der Waals surface area contributed by atoms with Crippen molar-refractivity contribution in [1.82, 2.24) is 4.90 Å². The van der Waals surface area contributed by atoms with Crippen molar-refractivity contribution in [1.29, 1.82) is 0 Å². The van der Waals surface area contributed by atoms with Crippen LogP contribution in [0.2, 0.25) is 5.02 Å². The van der Waals surface area contributed by atoms with E-state index >= 15 is 0 Å². The lowest BCUT2D eigenvalue weighted by Gasteiger charge is -2.32. The summed E-state index contributed by atoms with van der Waals surface area (Å²) in [6.45, 7) is 3.71. The van der Waals surface area contributed by atoms with Crippen molar-refractivity contribution in [2.24, 2.45) is 0 Å². The molecule has 160 valence electrons. The lowest BCUT2D eigenvalue weighted by molar-refractivity contribution is 0.310. The van der Waals surface area contributed by atoms with E-state index in [0.717, 1.165) is 60.4 Å². The third kappa shape index (κ3) is 4.23. The Bertz CT molecular complexity index is 1070. The molecular weight excluding hydrogens is 408 g/mol. The number of hydrogen-bond donors (Lipinski definition) is 0. The number of fused-ring (bicyclic) bond motifs is 2. The van der Waals surface area contributed by atoms with Crippen LogP contribution < -0.4 is 14.4 Å². The Morgan fingerprint density at radius 2 is 1.94 bits per heavy atom. The fourth-order valence-corrected chi connectivity index (χ4v) is 4.85. The number of hydrogen-bond acceptors (Lipinski definition) is 4. The van der Waals surface area contributed by atoms with E-state index in [4.69, 9.17) is 21.1 Å². The number of nitrogens with zero attached hydrogens (tertiary/aromatic N) is 2. The minimum absolute atomic E-state index is 0.380. The van der Waals surface area contributed by atoms with Crippen molar-refractivity contribution in [3.05, 3.63) is 82.9 Å². The van der Waals surface area contributed by atoms with Crippen molar-refractivity contribution in [2.45, 2.75) is 25.5 Å². The van der Waals surface area contributed by atoms with E-state index in [1.165, 1.54) is 11.1 Å². The van der Waals surface area contributed by atoms with Gasteiger partial charge in [-0.3, -0.25) is 0 Å². The third-order valence-electron chi connectivity index (χ3n) is 6.28. The van der Waals surface area contributed by atoms with Crippen LogP contribution in [-0.2, 0) is 13.0 Å². The molecule has 1 saturated heterocycles. The number of anilines is 2. The Labute approximate surface area is 189 Å². The van der Waals surface area contributed by atoms with Crippen LogP contribution in [0.25, 0.3) is 0 Å². The van der Waals surface area contributed by atoms with Gasteiger partial charge < -0.3 is 19.3 Å². The summed E-state index contributed by atoms with van der Waals surface area (Å²) in [7, 11) is 1.72. The summed E-state index contributed by atoms with van der Waals surface area (Å²) in [6, 6.07) is 23.2. The quantitative estimate of drug-likeness (QED) is 0.514. The molecule has 1 atom stereocenters. The molecular formula is C26H27ClN2O2. The van der Waals surface area contributed by atoms with Crippen LogP contribution in [0.1, 0.15) is 17.5 Å². The van der Waals surface area contributed by atoms with Crippen LogP contribution in [0.15, 0.2) is 66.7 Å². The van der Waals surface area contributed by atoms with Gasteiger partial charge in [0.15, 0.2) is 0 Å². The van der Waals surface area contributed by atoms with Crippen LogP contribution in [0, 0.1) is 0 Å². The second kappa shape index (κ2) is 8.81. The summed E-state index contributed by atoms with van der Waals surface area (Å²) in [5, 5.41) is 0.760. The SMILES string of the molecule is COc1cccc(CCN2CCC(N3c4cc(Cl)ccc4COc4ccccc43)C2)c1. The van der Waals surface area contributed by atoms with Gasteiger partial charge in [-0.25, -0.2) is 0 Å². The number of ether oxygens (including phenoxy) is 2. The zero-order valence-electron chi connectivity index (χ0n) is 17.8. The van der Waals surface area contributed by atoms with Gasteiger partial charge in [0.25, 0.3) is 0 Å². The molecule has 0 aromatic heterocycles. The highest BCUT2D eigenvalue weighted by Crippen LogP contribution is 2.43. The van der Waals surface area contributed by atoms with Crippen molar-refractivity contribution in [2.75, 3.05) is 31.6 Å². The van der Waals surface area contributed by atoms with Crippen LogP contribution in [0.5, 0.6) is 11.5 Å². The molecule has 1 fully saturated rings. The average Bonchev–Trinajstić information content (AvgIpc) is 3.20. The Kier molecular flexibility index (Phi) is 5.75. The monoisotopic (exact) mass is 434 g/mol. The lowest BCUT2D eigenvalue weighted by atomic mass is 10.1. The van der Waals surface area contributed by atoms with Gasteiger partial charge in [-0.05, 0) is 54.8 Å². The van der Waals surface area contributed by atoms with E-state index in [2.05, 4.69) is 58.3 Å². The van der Waals surface area contributed by atoms with Gasteiger partial charge in [-0.15, -0.1) is 0 Å². The maximum Gasteiger partial charge on any atom is 0.143 e. The maximum absolute atomic E-state index is 6.41. The molecule has 0 spiro atoms. The predicted molar refractivity (Wildman–Crippen MR) is 126 cm³/mol. The first-order chi connectivity index (χ1) is 15.2. The highest BCUT2D eigenvalue weighted by atomic mass is 35.5. The second-order valence-corrected chi connectivity index (χ2v) is 8.68. The molecule has 0 N–H and O–H groups in total. The summed E-state index contributed by atoms with van der Waals surface area (Å²) in [4.78, 5) is 5.01. The molecule has 0 amide bonds. The minimum Gasteiger partial charge on any atom is -0.497 e. The van der Waals surface area contributed by atoms with Crippen LogP contribution >= 0.6 is 11.6 Å². The van der Waals surface area contributed by atoms with Crippen molar-refractivity contribution in [3.8, 4) is 11.5 Å². The molecule has 31 heavy (non-hydrogen) atoms. The number of para-hydroxylation sites is 2. The summed E-state index contributed by atoms with van der Waals surface area (Å²) < 4.78 is 11.5. The van der Waals surface area contributed by atoms with Gasteiger partial charge in [0.2, 0.25) is 0 Å². The van der Waals surface area contributed by atoms with Crippen LogP contribution in [0.4, 0.5) is 11.4 Å². The first kappa shape index (κ1) is 20.2. The largest absolute Gasteiger partial charge is 0.497 e. The fraction of sp³-hybridized carbons (Fsp3) is 0.308. The minimum atomic E-state index is 0.380. The Morgan fingerprint density at radius 3 is 2.84 bits per heavy atom. The molecule has 2 aliphatic rings. The van der Waals surface area contributed by atoms with Gasteiger partial charge in [0, 0.05) is 41.9 Å².